The Kier molecular flexibility index (Phi) is 5.49. The predicted molar refractivity (Wildman–Crippen MR) is 53.5 cm³/mol. The summed E-state index contributed by atoms with van der Waals surface area (Å²) < 4.78 is 10.7. The highest BCUT2D eigenvalue weighted by Crippen LogP contribution is 2.17. The van der Waals surface area contributed by atoms with Crippen LogP contribution < -0.4 is 0 Å². The highest BCUT2D eigenvalue weighted by atomic mass is 16.5. The van der Waals surface area contributed by atoms with Crippen molar-refractivity contribution in [3.05, 3.63) is 0 Å². The number of ether oxygens (including phenoxy) is 2. The number of rotatable bonds is 7. The summed E-state index contributed by atoms with van der Waals surface area (Å²) >= 11 is 0. The van der Waals surface area contributed by atoms with Gasteiger partial charge in [0.2, 0.25) is 0 Å². The Morgan fingerprint density at radius 3 is 2.33 bits per heavy atom. The second-order valence-electron chi connectivity index (χ2n) is 4.12. The molecule has 0 aromatic rings. The molecule has 90 valence electrons. The first kappa shape index (κ1) is 12.9. The molecule has 3 N–H and O–H groups in total. The number of hydrogen-bond acceptors (Lipinski definition) is 5. The average Bonchev–Trinajstić information content (AvgIpc) is 2.78. The first-order chi connectivity index (χ1) is 7.26. The predicted octanol–water partition coefficient (Wildman–Crippen LogP) is -0.855. The summed E-state index contributed by atoms with van der Waals surface area (Å²) in [5.74, 6) is 0. The van der Waals surface area contributed by atoms with Gasteiger partial charge in [0.1, 0.15) is 0 Å². The topological polar surface area (TPSA) is 79.2 Å². The van der Waals surface area contributed by atoms with Crippen LogP contribution in [0, 0.1) is 5.41 Å². The molecule has 0 bridgehead atoms. The molecule has 1 rings (SSSR count). The van der Waals surface area contributed by atoms with Crippen molar-refractivity contribution in [2.75, 3.05) is 39.6 Å². The minimum absolute atomic E-state index is 0.124. The zero-order valence-electron chi connectivity index (χ0n) is 8.89. The van der Waals surface area contributed by atoms with Crippen LogP contribution in [0.15, 0.2) is 0 Å². The molecule has 1 heterocycles. The molecule has 15 heavy (non-hydrogen) atoms. The number of aliphatic hydroxyl groups excluding tert-OH is 3. The molecule has 1 aliphatic heterocycles. The van der Waals surface area contributed by atoms with E-state index >= 15 is 0 Å². The molecule has 1 aliphatic rings. The summed E-state index contributed by atoms with van der Waals surface area (Å²) in [6.07, 6.45) is 2.17. The standard InChI is InChI=1S/C10H20O5/c11-5-10(6-12,7-13)8-14-4-9-2-1-3-15-9/h9,11-13H,1-8H2. The van der Waals surface area contributed by atoms with Crippen molar-refractivity contribution in [1.29, 1.82) is 0 Å². The van der Waals surface area contributed by atoms with Gasteiger partial charge < -0.3 is 24.8 Å². The first-order valence-electron chi connectivity index (χ1n) is 5.28. The van der Waals surface area contributed by atoms with Gasteiger partial charge in [-0.05, 0) is 12.8 Å². The van der Waals surface area contributed by atoms with E-state index in [1.165, 1.54) is 0 Å². The average molecular weight is 220 g/mol. The Hall–Kier alpha value is -0.200. The highest BCUT2D eigenvalue weighted by Gasteiger charge is 2.29. The van der Waals surface area contributed by atoms with Gasteiger partial charge in [-0.2, -0.15) is 0 Å². The Morgan fingerprint density at radius 1 is 1.20 bits per heavy atom. The summed E-state index contributed by atoms with van der Waals surface area (Å²) in [7, 11) is 0. The van der Waals surface area contributed by atoms with Gasteiger partial charge in [0.25, 0.3) is 0 Å². The first-order valence-corrected chi connectivity index (χ1v) is 5.28. The maximum absolute atomic E-state index is 9.04. The molecule has 1 fully saturated rings. The summed E-state index contributed by atoms with van der Waals surface area (Å²) in [4.78, 5) is 0. The van der Waals surface area contributed by atoms with E-state index in [4.69, 9.17) is 24.8 Å². The summed E-state index contributed by atoms with van der Waals surface area (Å²) in [6.45, 7) is 0.528. The Balaban J connectivity index is 2.21. The normalized spacial score (nSPS) is 22.2. The second kappa shape index (κ2) is 6.40. The van der Waals surface area contributed by atoms with Crippen LogP contribution >= 0.6 is 0 Å². The molecular weight excluding hydrogens is 200 g/mol. The zero-order chi connectivity index (χ0) is 11.1. The zero-order valence-corrected chi connectivity index (χ0v) is 8.89. The van der Waals surface area contributed by atoms with Crippen LogP contribution in [-0.2, 0) is 9.47 Å². The second-order valence-corrected chi connectivity index (χ2v) is 4.12. The van der Waals surface area contributed by atoms with Crippen LogP contribution in [-0.4, -0.2) is 61.1 Å². The van der Waals surface area contributed by atoms with Gasteiger partial charge in [-0.1, -0.05) is 0 Å². The highest BCUT2D eigenvalue weighted by molar-refractivity contribution is 4.77. The SMILES string of the molecule is OCC(CO)(CO)COCC1CCCO1. The third-order valence-electron chi connectivity index (χ3n) is 2.74. The molecular formula is C10H20O5. The van der Waals surface area contributed by atoms with Crippen LogP contribution in [0.2, 0.25) is 0 Å². The minimum atomic E-state index is -0.932. The number of aliphatic hydroxyl groups is 3. The van der Waals surface area contributed by atoms with Gasteiger partial charge >= 0.3 is 0 Å². The monoisotopic (exact) mass is 220 g/mol. The van der Waals surface area contributed by atoms with E-state index < -0.39 is 5.41 Å². The quantitative estimate of drug-likeness (QED) is 0.520. The minimum Gasteiger partial charge on any atom is -0.396 e. The van der Waals surface area contributed by atoms with Gasteiger partial charge in [0.05, 0.1) is 44.6 Å². The van der Waals surface area contributed by atoms with E-state index in [-0.39, 0.29) is 32.5 Å². The third-order valence-corrected chi connectivity index (χ3v) is 2.74. The molecule has 0 aromatic carbocycles. The van der Waals surface area contributed by atoms with Crippen LogP contribution in [0.3, 0.4) is 0 Å². The van der Waals surface area contributed by atoms with Crippen molar-refractivity contribution in [2.45, 2.75) is 18.9 Å². The Labute approximate surface area is 89.6 Å². The van der Waals surface area contributed by atoms with Crippen LogP contribution in [0.25, 0.3) is 0 Å². The molecule has 0 spiro atoms. The van der Waals surface area contributed by atoms with E-state index in [0.717, 1.165) is 19.4 Å². The van der Waals surface area contributed by atoms with Crippen molar-refractivity contribution in [2.24, 2.45) is 5.41 Å². The molecule has 1 saturated heterocycles. The third kappa shape index (κ3) is 3.70. The molecule has 0 radical (unpaired) electrons. The lowest BCUT2D eigenvalue weighted by atomic mass is 9.93. The number of hydrogen-bond donors (Lipinski definition) is 3. The fourth-order valence-corrected chi connectivity index (χ4v) is 1.47. The van der Waals surface area contributed by atoms with Crippen molar-refractivity contribution in [3.63, 3.8) is 0 Å². The van der Waals surface area contributed by atoms with Crippen LogP contribution in [0.5, 0.6) is 0 Å². The van der Waals surface area contributed by atoms with E-state index in [1.54, 1.807) is 0 Å². The molecule has 5 nitrogen and oxygen atoms in total. The molecule has 5 heteroatoms. The summed E-state index contributed by atoms with van der Waals surface area (Å²) in [5.41, 5.74) is -0.932. The maximum Gasteiger partial charge on any atom is 0.0809 e. The van der Waals surface area contributed by atoms with Gasteiger partial charge in [-0.15, -0.1) is 0 Å². The molecule has 0 saturated carbocycles. The molecule has 1 unspecified atom stereocenters. The van der Waals surface area contributed by atoms with Crippen LogP contribution in [0.4, 0.5) is 0 Å². The van der Waals surface area contributed by atoms with E-state index in [1.807, 2.05) is 0 Å². The lowest BCUT2D eigenvalue weighted by Crippen LogP contribution is -2.39. The lowest BCUT2D eigenvalue weighted by molar-refractivity contribution is -0.0755. The van der Waals surface area contributed by atoms with E-state index in [2.05, 4.69) is 0 Å². The molecule has 0 amide bonds. The van der Waals surface area contributed by atoms with Gasteiger partial charge in [0.15, 0.2) is 0 Å². The van der Waals surface area contributed by atoms with Crippen molar-refractivity contribution in [1.82, 2.24) is 0 Å². The van der Waals surface area contributed by atoms with Gasteiger partial charge in [0, 0.05) is 6.61 Å². The fourth-order valence-electron chi connectivity index (χ4n) is 1.47. The summed E-state index contributed by atoms with van der Waals surface area (Å²) in [6, 6.07) is 0. The molecule has 0 aromatic heterocycles. The van der Waals surface area contributed by atoms with E-state index in [9.17, 15) is 0 Å². The maximum atomic E-state index is 9.04. The van der Waals surface area contributed by atoms with Gasteiger partial charge in [-0.25, -0.2) is 0 Å². The Bertz CT molecular complexity index is 155. The molecule has 0 aliphatic carbocycles. The fraction of sp³-hybridized carbons (Fsp3) is 1.00. The largest absolute Gasteiger partial charge is 0.396 e. The van der Waals surface area contributed by atoms with Crippen molar-refractivity contribution >= 4 is 0 Å². The smallest absolute Gasteiger partial charge is 0.0809 e. The van der Waals surface area contributed by atoms with Crippen molar-refractivity contribution in [3.8, 4) is 0 Å². The molecule has 1 atom stereocenters. The Morgan fingerprint density at radius 2 is 1.87 bits per heavy atom. The van der Waals surface area contributed by atoms with E-state index in [0.29, 0.717) is 6.61 Å². The van der Waals surface area contributed by atoms with Gasteiger partial charge in [-0.3, -0.25) is 0 Å². The lowest BCUT2D eigenvalue weighted by Gasteiger charge is -2.27. The van der Waals surface area contributed by atoms with Crippen LogP contribution in [0.1, 0.15) is 12.8 Å². The van der Waals surface area contributed by atoms with Crippen molar-refractivity contribution < 1.29 is 24.8 Å². The summed E-state index contributed by atoms with van der Waals surface area (Å²) in [5, 5.41) is 27.1.